The van der Waals surface area contributed by atoms with E-state index in [1.165, 1.54) is 11.1 Å². The summed E-state index contributed by atoms with van der Waals surface area (Å²) in [6.45, 7) is 13.0. The van der Waals surface area contributed by atoms with Gasteiger partial charge in [0.05, 0.1) is 10.2 Å². The van der Waals surface area contributed by atoms with E-state index in [-0.39, 0.29) is 5.91 Å². The number of thioether (sulfide) groups is 1. The molecule has 0 aliphatic carbocycles. The Kier molecular flexibility index (Phi) is 6.02. The smallest absolute Gasteiger partial charge is 0.279 e. The Morgan fingerprint density at radius 1 is 1.30 bits per heavy atom. The van der Waals surface area contributed by atoms with Crippen LogP contribution in [0.15, 0.2) is 58.9 Å². The van der Waals surface area contributed by atoms with Gasteiger partial charge in [0.25, 0.3) is 5.91 Å². The van der Waals surface area contributed by atoms with Crippen molar-refractivity contribution < 1.29 is 4.79 Å². The van der Waals surface area contributed by atoms with Crippen LogP contribution in [0.3, 0.4) is 0 Å². The van der Waals surface area contributed by atoms with Crippen molar-refractivity contribution in [1.82, 2.24) is 4.57 Å². The topological polar surface area (TPSA) is 34.4 Å². The Balaban J connectivity index is 2.10. The maximum atomic E-state index is 12.8. The van der Waals surface area contributed by atoms with Gasteiger partial charge in [-0.05, 0) is 49.2 Å². The van der Waals surface area contributed by atoms with Crippen molar-refractivity contribution in [3.63, 3.8) is 0 Å². The number of fused-ring (bicyclic) bond motifs is 1. The lowest BCUT2D eigenvalue weighted by atomic mass is 10.1. The van der Waals surface area contributed by atoms with Gasteiger partial charge in [-0.1, -0.05) is 43.4 Å². The van der Waals surface area contributed by atoms with Gasteiger partial charge in [0, 0.05) is 22.3 Å². The van der Waals surface area contributed by atoms with Crippen LogP contribution in [0, 0.1) is 13.8 Å². The molecule has 0 aliphatic heterocycles. The Morgan fingerprint density at radius 3 is 2.78 bits per heavy atom. The van der Waals surface area contributed by atoms with Crippen molar-refractivity contribution in [1.29, 1.82) is 0 Å². The molecule has 0 bridgehead atoms. The number of aryl methyl sites for hydroxylation is 2. The van der Waals surface area contributed by atoms with Gasteiger partial charge in [-0.25, -0.2) is 0 Å². The molecule has 0 fully saturated rings. The van der Waals surface area contributed by atoms with Crippen LogP contribution in [0.4, 0.5) is 0 Å². The number of carbonyl (C=O) groups is 1. The molecule has 2 aromatic carbocycles. The third-order valence-electron chi connectivity index (χ3n) is 4.08. The Labute approximate surface area is 168 Å². The van der Waals surface area contributed by atoms with Gasteiger partial charge in [0.1, 0.15) is 0 Å². The summed E-state index contributed by atoms with van der Waals surface area (Å²) in [5, 5.41) is 0.468. The average Bonchev–Trinajstić information content (AvgIpc) is 2.93. The quantitative estimate of drug-likeness (QED) is 0.407. The molecule has 0 N–H and O–H groups in total. The first-order valence-electron chi connectivity index (χ1n) is 8.96. The molecule has 0 saturated carbocycles. The summed E-state index contributed by atoms with van der Waals surface area (Å²) in [6.07, 6.45) is 1.84. The molecule has 0 spiro atoms. The van der Waals surface area contributed by atoms with Crippen LogP contribution in [0.2, 0.25) is 0 Å². The van der Waals surface area contributed by atoms with Crippen LogP contribution in [-0.4, -0.2) is 15.7 Å². The van der Waals surface area contributed by atoms with E-state index in [4.69, 9.17) is 0 Å². The number of aromatic nitrogens is 1. The first-order valence-corrected chi connectivity index (χ1v) is 10.7. The molecule has 3 aromatic rings. The third-order valence-corrected chi connectivity index (χ3v) is 6.30. The molecule has 0 unspecified atom stereocenters. The molecule has 3 rings (SSSR count). The fraction of sp³-hybridized carbons (Fsp3) is 0.273. The maximum Gasteiger partial charge on any atom is 0.279 e. The van der Waals surface area contributed by atoms with Crippen molar-refractivity contribution in [2.75, 3.05) is 0 Å². The predicted molar refractivity (Wildman–Crippen MR) is 117 cm³/mol. The number of rotatable bonds is 5. The molecular weight excluding hydrogens is 372 g/mol. The second kappa shape index (κ2) is 8.28. The highest BCUT2D eigenvalue weighted by Crippen LogP contribution is 2.25. The lowest BCUT2D eigenvalue weighted by molar-refractivity contribution is 0.0997. The number of nitrogens with zero attached hydrogens (tertiary/aromatic N) is 2. The van der Waals surface area contributed by atoms with Crippen molar-refractivity contribution in [3.05, 3.63) is 70.5 Å². The number of hydrogen-bond donors (Lipinski definition) is 0. The number of benzene rings is 2. The highest BCUT2D eigenvalue weighted by Gasteiger charge is 2.11. The van der Waals surface area contributed by atoms with E-state index in [2.05, 4.69) is 56.0 Å². The molecule has 27 heavy (non-hydrogen) atoms. The van der Waals surface area contributed by atoms with Gasteiger partial charge in [-0.2, -0.15) is 4.99 Å². The van der Waals surface area contributed by atoms with Crippen LogP contribution in [0.25, 0.3) is 10.2 Å². The van der Waals surface area contributed by atoms with E-state index >= 15 is 0 Å². The SMILES string of the molecule is C=CCn1c(=NC(=O)c2cccc(SC(C)C)c2)sc2c(C)cc(C)cc21. The van der Waals surface area contributed by atoms with Crippen LogP contribution < -0.4 is 4.80 Å². The summed E-state index contributed by atoms with van der Waals surface area (Å²) < 4.78 is 3.23. The normalized spacial score (nSPS) is 12.1. The van der Waals surface area contributed by atoms with E-state index in [1.807, 2.05) is 30.3 Å². The molecule has 0 aliphatic rings. The zero-order valence-corrected chi connectivity index (χ0v) is 17.8. The Morgan fingerprint density at radius 2 is 2.07 bits per heavy atom. The minimum Gasteiger partial charge on any atom is -0.312 e. The Bertz CT molecular complexity index is 1070. The van der Waals surface area contributed by atoms with Gasteiger partial charge >= 0.3 is 0 Å². The number of thiazole rings is 1. The second-order valence-corrected chi connectivity index (χ2v) is 9.45. The summed E-state index contributed by atoms with van der Waals surface area (Å²) in [5.41, 5.74) is 4.13. The monoisotopic (exact) mass is 396 g/mol. The molecule has 1 aromatic heterocycles. The van der Waals surface area contributed by atoms with E-state index in [0.29, 0.717) is 22.2 Å². The molecule has 1 amide bonds. The van der Waals surface area contributed by atoms with Crippen LogP contribution >= 0.6 is 23.1 Å². The van der Waals surface area contributed by atoms with Crippen LogP contribution in [-0.2, 0) is 6.54 Å². The summed E-state index contributed by atoms with van der Waals surface area (Å²) in [7, 11) is 0. The van der Waals surface area contributed by atoms with E-state index < -0.39 is 0 Å². The van der Waals surface area contributed by atoms with Crippen molar-refractivity contribution >= 4 is 39.2 Å². The fourth-order valence-corrected chi connectivity index (χ4v) is 5.01. The van der Waals surface area contributed by atoms with Crippen molar-refractivity contribution in [2.24, 2.45) is 4.99 Å². The van der Waals surface area contributed by atoms with Gasteiger partial charge in [-0.15, -0.1) is 18.3 Å². The largest absolute Gasteiger partial charge is 0.312 e. The fourth-order valence-electron chi connectivity index (χ4n) is 3.03. The van der Waals surface area contributed by atoms with Crippen molar-refractivity contribution in [2.45, 2.75) is 44.4 Å². The zero-order chi connectivity index (χ0) is 19.6. The summed E-state index contributed by atoms with van der Waals surface area (Å²) >= 11 is 3.30. The highest BCUT2D eigenvalue weighted by molar-refractivity contribution is 7.99. The molecule has 0 saturated heterocycles. The minimum absolute atomic E-state index is 0.208. The average molecular weight is 397 g/mol. The molecule has 3 nitrogen and oxygen atoms in total. The lowest BCUT2D eigenvalue weighted by Crippen LogP contribution is -2.16. The number of allylic oxidation sites excluding steroid dienone is 1. The predicted octanol–water partition coefficient (Wildman–Crippen LogP) is 5.75. The van der Waals surface area contributed by atoms with Crippen molar-refractivity contribution in [3.8, 4) is 0 Å². The number of carbonyl (C=O) groups excluding carboxylic acids is 1. The zero-order valence-electron chi connectivity index (χ0n) is 16.2. The van der Waals surface area contributed by atoms with E-state index in [9.17, 15) is 4.79 Å². The second-order valence-electron chi connectivity index (χ2n) is 6.83. The van der Waals surface area contributed by atoms with Gasteiger partial charge in [0.15, 0.2) is 4.80 Å². The van der Waals surface area contributed by atoms with Gasteiger partial charge in [-0.3, -0.25) is 4.79 Å². The molecule has 0 atom stereocenters. The van der Waals surface area contributed by atoms with Crippen LogP contribution in [0.5, 0.6) is 0 Å². The summed E-state index contributed by atoms with van der Waals surface area (Å²) in [6, 6.07) is 12.0. The molecular formula is C22H24N2OS2. The minimum atomic E-state index is -0.208. The van der Waals surface area contributed by atoms with Gasteiger partial charge < -0.3 is 4.57 Å². The number of amides is 1. The maximum absolute atomic E-state index is 12.8. The van der Waals surface area contributed by atoms with E-state index in [1.54, 1.807) is 23.1 Å². The van der Waals surface area contributed by atoms with Gasteiger partial charge in [0.2, 0.25) is 0 Å². The molecule has 0 radical (unpaired) electrons. The molecule has 1 heterocycles. The van der Waals surface area contributed by atoms with E-state index in [0.717, 1.165) is 15.1 Å². The third kappa shape index (κ3) is 4.42. The number of hydrogen-bond acceptors (Lipinski definition) is 3. The highest BCUT2D eigenvalue weighted by atomic mass is 32.2. The Hall–Kier alpha value is -2.11. The first kappa shape index (κ1) is 19.6. The first-order chi connectivity index (χ1) is 12.9. The standard InChI is InChI=1S/C22H24N2OS2/c1-6-10-24-19-12-15(4)11-16(5)20(19)27-22(24)23-21(25)17-8-7-9-18(13-17)26-14(2)3/h6-9,11-14H,1,10H2,2-5H3. The lowest BCUT2D eigenvalue weighted by Gasteiger charge is -2.05. The molecule has 140 valence electrons. The van der Waals surface area contributed by atoms with Crippen LogP contribution in [0.1, 0.15) is 35.3 Å². The molecule has 5 heteroatoms. The summed E-state index contributed by atoms with van der Waals surface area (Å²) in [5.74, 6) is -0.208. The summed E-state index contributed by atoms with van der Waals surface area (Å²) in [4.78, 5) is 19.1.